The molecule has 1 unspecified atom stereocenters. The number of nitriles is 1. The number of hydrogen-bond acceptors (Lipinski definition) is 4. The van der Waals surface area contributed by atoms with Crippen LogP contribution in [0.25, 0.3) is 0 Å². The number of carbonyl (C=O) groups excluding carboxylic acids is 1. The zero-order chi connectivity index (χ0) is 14.2. The van der Waals surface area contributed by atoms with Crippen molar-refractivity contribution >= 4 is 38.2 Å². The van der Waals surface area contributed by atoms with Gasteiger partial charge in [0.15, 0.2) is 0 Å². The number of fused-ring (bicyclic) bond motifs is 1. The molecule has 1 aromatic rings. The fourth-order valence-corrected chi connectivity index (χ4v) is 3.17. The number of thiophene rings is 1. The van der Waals surface area contributed by atoms with E-state index in [2.05, 4.69) is 27.3 Å². The van der Waals surface area contributed by atoms with Gasteiger partial charge in [0.1, 0.15) is 11.1 Å². The lowest BCUT2D eigenvalue weighted by atomic mass is 9.93. The smallest absolute Gasteiger partial charge is 0.238 e. The molecule has 1 amide bonds. The molecule has 1 aliphatic rings. The van der Waals surface area contributed by atoms with E-state index in [0.29, 0.717) is 23.6 Å². The normalized spacial score (nSPS) is 18.3. The van der Waals surface area contributed by atoms with Gasteiger partial charge in [-0.2, -0.15) is 5.26 Å². The molecule has 0 saturated heterocycles. The van der Waals surface area contributed by atoms with E-state index in [0.717, 1.165) is 10.4 Å². The summed E-state index contributed by atoms with van der Waals surface area (Å²) in [4.78, 5) is 12.5. The topological polar surface area (TPSA) is 62.1 Å². The number of anilines is 1. The average molecular weight is 343 g/mol. The minimum Gasteiger partial charge on any atom is -0.370 e. The summed E-state index contributed by atoms with van der Waals surface area (Å²) in [5.74, 6) is -0.143. The molecule has 0 bridgehead atoms. The summed E-state index contributed by atoms with van der Waals surface area (Å²) in [6, 6.07) is 2.21. The molecule has 1 atom stereocenters. The Kier molecular flexibility index (Phi) is 4.00. The first-order valence-electron chi connectivity index (χ1n) is 5.97. The highest BCUT2D eigenvalue weighted by Gasteiger charge is 2.31. The van der Waals surface area contributed by atoms with Crippen LogP contribution in [0.2, 0.25) is 0 Å². The first-order chi connectivity index (χ1) is 8.84. The van der Waals surface area contributed by atoms with Gasteiger partial charge in [-0.25, -0.2) is 0 Å². The predicted octanol–water partition coefficient (Wildman–Crippen LogP) is 3.19. The van der Waals surface area contributed by atoms with Crippen LogP contribution in [0.3, 0.4) is 0 Å². The van der Waals surface area contributed by atoms with Gasteiger partial charge >= 0.3 is 0 Å². The van der Waals surface area contributed by atoms with Crippen molar-refractivity contribution in [2.75, 3.05) is 5.32 Å². The second kappa shape index (κ2) is 5.23. The van der Waals surface area contributed by atoms with E-state index >= 15 is 0 Å². The Morgan fingerprint density at radius 2 is 2.32 bits per heavy atom. The number of hydrogen-bond donors (Lipinski definition) is 1. The minimum atomic E-state index is -0.286. The molecule has 1 aliphatic heterocycles. The van der Waals surface area contributed by atoms with E-state index in [9.17, 15) is 10.1 Å². The van der Waals surface area contributed by atoms with Gasteiger partial charge in [-0.3, -0.25) is 4.79 Å². The molecule has 0 aliphatic carbocycles. The Morgan fingerprint density at radius 1 is 1.63 bits per heavy atom. The van der Waals surface area contributed by atoms with E-state index in [1.54, 1.807) is 6.92 Å². The minimum absolute atomic E-state index is 0.143. The third kappa shape index (κ3) is 2.99. The van der Waals surface area contributed by atoms with E-state index in [4.69, 9.17) is 4.74 Å². The second-order valence-electron chi connectivity index (χ2n) is 5.15. The fourth-order valence-electron chi connectivity index (χ4n) is 1.97. The van der Waals surface area contributed by atoms with Crippen molar-refractivity contribution in [1.29, 1.82) is 5.26 Å². The lowest BCUT2D eigenvalue weighted by molar-refractivity contribution is -0.115. The van der Waals surface area contributed by atoms with Gasteiger partial charge in [0.05, 0.1) is 22.6 Å². The largest absolute Gasteiger partial charge is 0.370 e. The van der Waals surface area contributed by atoms with Crippen LogP contribution in [-0.4, -0.2) is 16.3 Å². The maximum Gasteiger partial charge on any atom is 0.238 e. The Labute approximate surface area is 124 Å². The number of nitrogens with one attached hydrogen (secondary N) is 1. The third-order valence-electron chi connectivity index (χ3n) is 3.00. The SMILES string of the molecule is CC(Br)C(=O)Nc1sc2c(c1C#N)CC(C)(C)OC2. The monoisotopic (exact) mass is 342 g/mol. The van der Waals surface area contributed by atoms with Crippen LogP contribution in [0.15, 0.2) is 0 Å². The molecule has 2 heterocycles. The standard InChI is InChI=1S/C13H15BrN2O2S/c1-7(14)11(17)16-12-9(5-15)8-4-13(2,3)18-6-10(8)19-12/h7H,4,6H2,1-3H3,(H,16,17). The van der Waals surface area contributed by atoms with Crippen molar-refractivity contribution in [2.24, 2.45) is 0 Å². The van der Waals surface area contributed by atoms with Crippen molar-refractivity contribution in [3.05, 3.63) is 16.0 Å². The van der Waals surface area contributed by atoms with Crippen LogP contribution >= 0.6 is 27.3 Å². The first kappa shape index (κ1) is 14.5. The van der Waals surface area contributed by atoms with Crippen molar-refractivity contribution in [3.8, 4) is 6.07 Å². The Balaban J connectivity index is 2.36. The fraction of sp³-hybridized carbons (Fsp3) is 0.538. The van der Waals surface area contributed by atoms with Gasteiger partial charge < -0.3 is 10.1 Å². The second-order valence-corrected chi connectivity index (χ2v) is 7.63. The van der Waals surface area contributed by atoms with Crippen LogP contribution in [0.5, 0.6) is 0 Å². The molecule has 6 heteroatoms. The first-order valence-corrected chi connectivity index (χ1v) is 7.71. The maximum atomic E-state index is 11.7. The molecular weight excluding hydrogens is 328 g/mol. The van der Waals surface area contributed by atoms with E-state index < -0.39 is 0 Å². The molecule has 1 N–H and O–H groups in total. The molecular formula is C13H15BrN2O2S. The summed E-state index contributed by atoms with van der Waals surface area (Å²) in [5.41, 5.74) is 1.34. The molecule has 4 nitrogen and oxygen atoms in total. The Bertz CT molecular complexity index is 558. The van der Waals surface area contributed by atoms with E-state index in [1.807, 2.05) is 13.8 Å². The molecule has 0 aromatic carbocycles. The van der Waals surface area contributed by atoms with Crippen LogP contribution in [0.4, 0.5) is 5.00 Å². The van der Waals surface area contributed by atoms with Gasteiger partial charge in [0.25, 0.3) is 0 Å². The van der Waals surface area contributed by atoms with Crippen LogP contribution in [0.1, 0.15) is 36.8 Å². The van der Waals surface area contributed by atoms with Crippen molar-refractivity contribution in [2.45, 2.75) is 44.2 Å². The van der Waals surface area contributed by atoms with Crippen molar-refractivity contribution < 1.29 is 9.53 Å². The highest BCUT2D eigenvalue weighted by Crippen LogP contribution is 2.40. The quantitative estimate of drug-likeness (QED) is 0.839. The summed E-state index contributed by atoms with van der Waals surface area (Å²) in [6.07, 6.45) is 0.696. The van der Waals surface area contributed by atoms with Crippen LogP contribution < -0.4 is 5.32 Å². The predicted molar refractivity (Wildman–Crippen MR) is 78.6 cm³/mol. The third-order valence-corrected chi connectivity index (χ3v) is 4.53. The number of nitrogens with zero attached hydrogens (tertiary/aromatic N) is 1. The van der Waals surface area contributed by atoms with E-state index in [-0.39, 0.29) is 16.3 Å². The molecule has 0 radical (unpaired) electrons. The summed E-state index contributed by atoms with van der Waals surface area (Å²) in [7, 11) is 0. The van der Waals surface area contributed by atoms with Gasteiger partial charge in [-0.15, -0.1) is 11.3 Å². The summed E-state index contributed by atoms with van der Waals surface area (Å²) < 4.78 is 5.74. The van der Waals surface area contributed by atoms with Crippen LogP contribution in [-0.2, 0) is 22.6 Å². The highest BCUT2D eigenvalue weighted by atomic mass is 79.9. The molecule has 2 rings (SSSR count). The van der Waals surface area contributed by atoms with Crippen molar-refractivity contribution in [1.82, 2.24) is 0 Å². The molecule has 0 saturated carbocycles. The molecule has 19 heavy (non-hydrogen) atoms. The lowest BCUT2D eigenvalue weighted by Gasteiger charge is -2.29. The van der Waals surface area contributed by atoms with Crippen molar-refractivity contribution in [3.63, 3.8) is 0 Å². The molecule has 0 spiro atoms. The zero-order valence-electron chi connectivity index (χ0n) is 11.0. The Hall–Kier alpha value is -0.900. The lowest BCUT2D eigenvalue weighted by Crippen LogP contribution is -2.31. The average Bonchev–Trinajstić information content (AvgIpc) is 2.64. The van der Waals surface area contributed by atoms with E-state index in [1.165, 1.54) is 11.3 Å². The van der Waals surface area contributed by atoms with Crippen LogP contribution in [0, 0.1) is 11.3 Å². The zero-order valence-corrected chi connectivity index (χ0v) is 13.4. The van der Waals surface area contributed by atoms with Gasteiger partial charge in [-0.1, -0.05) is 15.9 Å². The number of carbonyl (C=O) groups is 1. The highest BCUT2D eigenvalue weighted by molar-refractivity contribution is 9.10. The van der Waals surface area contributed by atoms with Gasteiger partial charge in [0.2, 0.25) is 5.91 Å². The summed E-state index contributed by atoms with van der Waals surface area (Å²) in [6.45, 7) is 6.27. The summed E-state index contributed by atoms with van der Waals surface area (Å²) >= 11 is 4.65. The number of rotatable bonds is 2. The molecule has 1 aromatic heterocycles. The Morgan fingerprint density at radius 3 is 2.89 bits per heavy atom. The van der Waals surface area contributed by atoms with Gasteiger partial charge in [-0.05, 0) is 26.3 Å². The molecule has 0 fully saturated rings. The van der Waals surface area contributed by atoms with Gasteiger partial charge in [0, 0.05) is 11.3 Å². The number of halogens is 1. The summed E-state index contributed by atoms with van der Waals surface area (Å²) in [5, 5.41) is 12.8. The molecule has 102 valence electrons. The maximum absolute atomic E-state index is 11.7. The number of amides is 1. The number of alkyl halides is 1. The number of ether oxygens (including phenoxy) is 1.